The largest absolute Gasteiger partial charge is 0.454 e. The minimum absolute atomic E-state index is 0.254. The molecule has 6 heteroatoms. The molecule has 2 N–H and O–H groups in total. The van der Waals surface area contributed by atoms with Gasteiger partial charge in [0.15, 0.2) is 11.5 Å². The highest BCUT2D eigenvalue weighted by molar-refractivity contribution is 5.45. The standard InChI is InChI=1S/C16H24N2O4/c1-12(10-18-4-6-20-7-5-18)17-9-14(19)13-2-3-15-16(8-13)22-11-21-15/h2-3,8,12,14,17,19H,4-7,9-11H2,1H3/t12-,14+/m1/s1. The highest BCUT2D eigenvalue weighted by Gasteiger charge is 2.18. The molecule has 0 spiro atoms. The number of ether oxygens (including phenoxy) is 3. The molecule has 0 amide bonds. The molecule has 2 aliphatic heterocycles. The molecule has 0 aliphatic carbocycles. The second-order valence-electron chi connectivity index (χ2n) is 5.85. The summed E-state index contributed by atoms with van der Waals surface area (Å²) in [6.45, 7) is 7.47. The van der Waals surface area contributed by atoms with E-state index in [-0.39, 0.29) is 6.79 Å². The zero-order chi connectivity index (χ0) is 15.4. The molecule has 1 aromatic rings. The maximum absolute atomic E-state index is 10.3. The lowest BCUT2D eigenvalue weighted by atomic mass is 10.1. The summed E-state index contributed by atoms with van der Waals surface area (Å²) in [5.41, 5.74) is 0.843. The molecular formula is C16H24N2O4. The predicted octanol–water partition coefficient (Wildman–Crippen LogP) is 0.759. The zero-order valence-corrected chi connectivity index (χ0v) is 13.0. The summed E-state index contributed by atoms with van der Waals surface area (Å²) in [5, 5.41) is 13.7. The Morgan fingerprint density at radius 3 is 2.82 bits per heavy atom. The monoisotopic (exact) mass is 308 g/mol. The molecule has 122 valence electrons. The Morgan fingerprint density at radius 1 is 1.23 bits per heavy atom. The molecule has 3 rings (SSSR count). The van der Waals surface area contributed by atoms with Gasteiger partial charge in [-0.25, -0.2) is 0 Å². The van der Waals surface area contributed by atoms with Crippen molar-refractivity contribution in [1.29, 1.82) is 0 Å². The van der Waals surface area contributed by atoms with E-state index in [9.17, 15) is 5.11 Å². The first-order chi connectivity index (χ1) is 10.7. The normalized spacial score (nSPS) is 20.8. The van der Waals surface area contributed by atoms with Gasteiger partial charge in [0.1, 0.15) is 0 Å². The number of benzene rings is 1. The SMILES string of the molecule is C[C@H](CN1CCOCC1)NC[C@H](O)c1ccc2c(c1)OCO2. The molecule has 2 aliphatic rings. The van der Waals surface area contributed by atoms with Crippen molar-refractivity contribution in [3.8, 4) is 11.5 Å². The van der Waals surface area contributed by atoms with Crippen molar-refractivity contribution in [2.75, 3.05) is 46.2 Å². The van der Waals surface area contributed by atoms with Crippen LogP contribution in [0.4, 0.5) is 0 Å². The molecule has 0 saturated carbocycles. The summed E-state index contributed by atoms with van der Waals surface area (Å²) in [6, 6.07) is 5.90. The van der Waals surface area contributed by atoms with Gasteiger partial charge in [-0.2, -0.15) is 0 Å². The van der Waals surface area contributed by atoms with Crippen molar-refractivity contribution in [1.82, 2.24) is 10.2 Å². The van der Waals surface area contributed by atoms with E-state index in [1.54, 1.807) is 0 Å². The van der Waals surface area contributed by atoms with Crippen LogP contribution < -0.4 is 14.8 Å². The predicted molar refractivity (Wildman–Crippen MR) is 82.2 cm³/mol. The average molecular weight is 308 g/mol. The van der Waals surface area contributed by atoms with Gasteiger partial charge in [0.2, 0.25) is 6.79 Å². The molecule has 0 radical (unpaired) electrons. The van der Waals surface area contributed by atoms with Crippen LogP contribution in [0.2, 0.25) is 0 Å². The van der Waals surface area contributed by atoms with Gasteiger partial charge in [-0.3, -0.25) is 4.90 Å². The van der Waals surface area contributed by atoms with E-state index in [1.807, 2.05) is 18.2 Å². The minimum Gasteiger partial charge on any atom is -0.454 e. The number of hydrogen-bond acceptors (Lipinski definition) is 6. The van der Waals surface area contributed by atoms with Crippen molar-refractivity contribution in [3.05, 3.63) is 23.8 Å². The molecule has 1 aromatic carbocycles. The van der Waals surface area contributed by atoms with Crippen LogP contribution >= 0.6 is 0 Å². The minimum atomic E-state index is -0.554. The fraction of sp³-hybridized carbons (Fsp3) is 0.625. The number of rotatable bonds is 6. The number of morpholine rings is 1. The lowest BCUT2D eigenvalue weighted by molar-refractivity contribution is 0.0336. The first-order valence-corrected chi connectivity index (χ1v) is 7.83. The van der Waals surface area contributed by atoms with Gasteiger partial charge >= 0.3 is 0 Å². The Balaban J connectivity index is 1.46. The van der Waals surface area contributed by atoms with Gasteiger partial charge in [-0.05, 0) is 24.6 Å². The number of aliphatic hydroxyl groups is 1. The van der Waals surface area contributed by atoms with E-state index in [2.05, 4.69) is 17.1 Å². The van der Waals surface area contributed by atoms with Gasteiger partial charge in [0, 0.05) is 32.2 Å². The summed E-state index contributed by atoms with van der Waals surface area (Å²) < 4.78 is 16.0. The Bertz CT molecular complexity index is 491. The highest BCUT2D eigenvalue weighted by atomic mass is 16.7. The molecule has 1 fully saturated rings. The lowest BCUT2D eigenvalue weighted by Crippen LogP contribution is -2.45. The van der Waals surface area contributed by atoms with Crippen molar-refractivity contribution >= 4 is 0 Å². The van der Waals surface area contributed by atoms with Crippen molar-refractivity contribution in [2.24, 2.45) is 0 Å². The number of aliphatic hydroxyl groups excluding tert-OH is 1. The Morgan fingerprint density at radius 2 is 2.00 bits per heavy atom. The Hall–Kier alpha value is -1.34. The number of nitrogens with zero attached hydrogens (tertiary/aromatic N) is 1. The summed E-state index contributed by atoms with van der Waals surface area (Å²) in [6.07, 6.45) is -0.554. The third-order valence-corrected chi connectivity index (χ3v) is 4.08. The Labute approximate surface area is 131 Å². The molecule has 1 saturated heterocycles. The fourth-order valence-electron chi connectivity index (χ4n) is 2.79. The quantitative estimate of drug-likeness (QED) is 0.809. The van der Waals surface area contributed by atoms with Gasteiger partial charge in [-0.1, -0.05) is 6.07 Å². The number of nitrogens with one attached hydrogen (secondary N) is 1. The smallest absolute Gasteiger partial charge is 0.231 e. The summed E-state index contributed by atoms with van der Waals surface area (Å²) >= 11 is 0. The summed E-state index contributed by atoms with van der Waals surface area (Å²) in [5.74, 6) is 1.45. The van der Waals surface area contributed by atoms with Crippen LogP contribution in [0.1, 0.15) is 18.6 Å². The molecule has 6 nitrogen and oxygen atoms in total. The molecular weight excluding hydrogens is 284 g/mol. The van der Waals surface area contributed by atoms with Crippen molar-refractivity contribution in [3.63, 3.8) is 0 Å². The molecule has 0 bridgehead atoms. The third-order valence-electron chi connectivity index (χ3n) is 4.08. The van der Waals surface area contributed by atoms with Crippen molar-refractivity contribution in [2.45, 2.75) is 19.1 Å². The van der Waals surface area contributed by atoms with E-state index in [0.717, 1.165) is 44.2 Å². The van der Waals surface area contributed by atoms with Gasteiger partial charge in [0.05, 0.1) is 19.3 Å². The van der Waals surface area contributed by atoms with E-state index < -0.39 is 6.10 Å². The first-order valence-electron chi connectivity index (χ1n) is 7.83. The van der Waals surface area contributed by atoms with E-state index in [4.69, 9.17) is 14.2 Å². The summed E-state index contributed by atoms with van der Waals surface area (Å²) in [7, 11) is 0. The van der Waals surface area contributed by atoms with E-state index in [0.29, 0.717) is 18.3 Å². The third kappa shape index (κ3) is 3.89. The van der Waals surface area contributed by atoms with Crippen LogP contribution in [-0.4, -0.2) is 62.2 Å². The molecule has 22 heavy (non-hydrogen) atoms. The van der Waals surface area contributed by atoms with Crippen LogP contribution in [0.5, 0.6) is 11.5 Å². The zero-order valence-electron chi connectivity index (χ0n) is 13.0. The van der Waals surface area contributed by atoms with Crippen molar-refractivity contribution < 1.29 is 19.3 Å². The maximum atomic E-state index is 10.3. The lowest BCUT2D eigenvalue weighted by Gasteiger charge is -2.29. The van der Waals surface area contributed by atoms with Gasteiger partial charge < -0.3 is 24.6 Å². The Kier molecular flexibility index (Phi) is 5.15. The van der Waals surface area contributed by atoms with E-state index in [1.165, 1.54) is 0 Å². The first kappa shape index (κ1) is 15.6. The topological polar surface area (TPSA) is 63.2 Å². The van der Waals surface area contributed by atoms with Crippen LogP contribution in [0.3, 0.4) is 0 Å². The number of fused-ring (bicyclic) bond motifs is 1. The average Bonchev–Trinajstić information content (AvgIpc) is 3.01. The second kappa shape index (κ2) is 7.28. The molecule has 2 heterocycles. The number of hydrogen-bond donors (Lipinski definition) is 2. The highest BCUT2D eigenvalue weighted by Crippen LogP contribution is 2.34. The van der Waals surface area contributed by atoms with E-state index >= 15 is 0 Å². The second-order valence-corrected chi connectivity index (χ2v) is 5.85. The maximum Gasteiger partial charge on any atom is 0.231 e. The summed E-state index contributed by atoms with van der Waals surface area (Å²) in [4.78, 5) is 2.38. The van der Waals surface area contributed by atoms with Crippen LogP contribution in [0, 0.1) is 0 Å². The molecule has 2 atom stereocenters. The van der Waals surface area contributed by atoms with Gasteiger partial charge in [0.25, 0.3) is 0 Å². The molecule has 0 unspecified atom stereocenters. The van der Waals surface area contributed by atoms with Gasteiger partial charge in [-0.15, -0.1) is 0 Å². The molecule has 0 aromatic heterocycles. The van der Waals surface area contributed by atoms with Crippen LogP contribution in [-0.2, 0) is 4.74 Å². The van der Waals surface area contributed by atoms with Crippen LogP contribution in [0.25, 0.3) is 0 Å². The fourth-order valence-corrected chi connectivity index (χ4v) is 2.79. The van der Waals surface area contributed by atoms with Crippen LogP contribution in [0.15, 0.2) is 18.2 Å².